The van der Waals surface area contributed by atoms with Crippen molar-refractivity contribution in [3.63, 3.8) is 0 Å². The Hall–Kier alpha value is -1.49. The smallest absolute Gasteiger partial charge is 0.223 e. The van der Waals surface area contributed by atoms with Gasteiger partial charge >= 0.3 is 0 Å². The normalized spacial score (nSPS) is 21.8. The van der Waals surface area contributed by atoms with E-state index in [2.05, 4.69) is 21.8 Å². The number of aryl methyl sites for hydroxylation is 2. The number of carbonyl (C=O) groups is 1. The molecule has 2 aliphatic heterocycles. The summed E-state index contributed by atoms with van der Waals surface area (Å²) in [6.07, 6.45) is 2.97. The van der Waals surface area contributed by atoms with Crippen molar-refractivity contribution in [1.29, 1.82) is 0 Å². The van der Waals surface area contributed by atoms with Gasteiger partial charge in [0.25, 0.3) is 0 Å². The van der Waals surface area contributed by atoms with Gasteiger partial charge in [0, 0.05) is 30.9 Å². The molecule has 1 aromatic rings. The molecule has 0 atom stereocenters. The van der Waals surface area contributed by atoms with Crippen LogP contribution in [-0.2, 0) is 11.3 Å². The van der Waals surface area contributed by atoms with Gasteiger partial charge in [-0.05, 0) is 58.2 Å². The lowest BCUT2D eigenvalue weighted by molar-refractivity contribution is -0.127. The first-order chi connectivity index (χ1) is 10.5. The molecule has 0 aliphatic carbocycles. The van der Waals surface area contributed by atoms with Gasteiger partial charge in [-0.2, -0.15) is 0 Å². The molecular weight excluding hydrogens is 276 g/mol. The summed E-state index contributed by atoms with van der Waals surface area (Å²) in [5.41, 5.74) is 2.30. The number of piperidine rings is 1. The van der Waals surface area contributed by atoms with Gasteiger partial charge in [0.15, 0.2) is 0 Å². The summed E-state index contributed by atoms with van der Waals surface area (Å²) in [6.45, 7) is 10.8. The van der Waals surface area contributed by atoms with E-state index in [-0.39, 0.29) is 5.41 Å². The minimum atomic E-state index is 0.229. The van der Waals surface area contributed by atoms with E-state index >= 15 is 0 Å². The maximum Gasteiger partial charge on any atom is 0.223 e. The van der Waals surface area contributed by atoms with Crippen LogP contribution in [0, 0.1) is 19.3 Å². The fraction of sp³-hybridized carbons (Fsp3) is 0.706. The molecule has 2 fully saturated rings. The van der Waals surface area contributed by atoms with Crippen LogP contribution in [0.1, 0.15) is 43.4 Å². The molecule has 120 valence electrons. The molecule has 0 radical (unpaired) electrons. The Bertz CT molecular complexity index is 544. The number of rotatable bonds is 3. The Kier molecular flexibility index (Phi) is 4.17. The van der Waals surface area contributed by atoms with E-state index in [4.69, 9.17) is 0 Å². The Morgan fingerprint density at radius 3 is 2.36 bits per heavy atom. The number of hydrogen-bond acceptors (Lipinski definition) is 4. The van der Waals surface area contributed by atoms with Crippen molar-refractivity contribution in [1.82, 2.24) is 19.8 Å². The van der Waals surface area contributed by atoms with Crippen LogP contribution in [-0.4, -0.2) is 51.9 Å². The third-order valence-corrected chi connectivity index (χ3v) is 5.10. The van der Waals surface area contributed by atoms with Gasteiger partial charge in [0.2, 0.25) is 5.91 Å². The molecule has 1 amide bonds. The highest BCUT2D eigenvalue weighted by atomic mass is 16.2. The molecule has 1 aromatic heterocycles. The van der Waals surface area contributed by atoms with Gasteiger partial charge < -0.3 is 4.90 Å². The third kappa shape index (κ3) is 3.14. The second kappa shape index (κ2) is 5.95. The largest absolute Gasteiger partial charge is 0.342 e. The summed E-state index contributed by atoms with van der Waals surface area (Å²) in [7, 11) is 0. The van der Waals surface area contributed by atoms with E-state index in [9.17, 15) is 4.79 Å². The first kappa shape index (κ1) is 15.4. The zero-order valence-electron chi connectivity index (χ0n) is 13.9. The average molecular weight is 302 g/mol. The van der Waals surface area contributed by atoms with Crippen molar-refractivity contribution in [2.24, 2.45) is 5.41 Å². The van der Waals surface area contributed by atoms with Crippen LogP contribution in [0.2, 0.25) is 0 Å². The van der Waals surface area contributed by atoms with Gasteiger partial charge in [-0.1, -0.05) is 0 Å². The fourth-order valence-corrected chi connectivity index (χ4v) is 3.86. The monoisotopic (exact) mass is 302 g/mol. The molecular formula is C17H26N4O. The first-order valence-electron chi connectivity index (χ1n) is 8.31. The van der Waals surface area contributed by atoms with Crippen molar-refractivity contribution < 1.29 is 4.79 Å². The lowest BCUT2D eigenvalue weighted by Gasteiger charge is -2.38. The lowest BCUT2D eigenvalue weighted by atomic mass is 9.77. The van der Waals surface area contributed by atoms with Crippen molar-refractivity contribution in [2.75, 3.05) is 26.2 Å². The molecule has 2 saturated heterocycles. The second-order valence-corrected chi connectivity index (χ2v) is 6.93. The van der Waals surface area contributed by atoms with Gasteiger partial charge in [-0.3, -0.25) is 9.69 Å². The van der Waals surface area contributed by atoms with E-state index in [0.29, 0.717) is 5.91 Å². The van der Waals surface area contributed by atoms with E-state index in [1.165, 1.54) is 0 Å². The number of hydrogen-bond donors (Lipinski definition) is 0. The van der Waals surface area contributed by atoms with Gasteiger partial charge in [0.1, 0.15) is 5.82 Å². The number of likely N-dealkylation sites (tertiary alicyclic amines) is 2. The van der Waals surface area contributed by atoms with E-state index in [1.807, 2.05) is 24.8 Å². The SMILES string of the molecule is CCN1CC2(CCN(Cc3nc(C)cc(C)n3)CC2)CC1=O. The van der Waals surface area contributed by atoms with E-state index < -0.39 is 0 Å². The first-order valence-corrected chi connectivity index (χ1v) is 8.31. The quantitative estimate of drug-likeness (QED) is 0.856. The Morgan fingerprint density at radius 2 is 1.82 bits per heavy atom. The summed E-state index contributed by atoms with van der Waals surface area (Å²) in [5.74, 6) is 1.26. The molecule has 0 N–H and O–H groups in total. The maximum atomic E-state index is 12.0. The van der Waals surface area contributed by atoms with Crippen LogP contribution in [0.25, 0.3) is 0 Å². The van der Waals surface area contributed by atoms with Crippen LogP contribution in [0.15, 0.2) is 6.07 Å². The van der Waals surface area contributed by atoms with Crippen molar-refractivity contribution >= 4 is 5.91 Å². The van der Waals surface area contributed by atoms with Gasteiger partial charge in [-0.15, -0.1) is 0 Å². The van der Waals surface area contributed by atoms with Crippen LogP contribution in [0.4, 0.5) is 0 Å². The maximum absolute atomic E-state index is 12.0. The molecule has 3 rings (SSSR count). The number of aromatic nitrogens is 2. The van der Waals surface area contributed by atoms with Crippen LogP contribution < -0.4 is 0 Å². The highest BCUT2D eigenvalue weighted by molar-refractivity contribution is 5.79. The van der Waals surface area contributed by atoms with Crippen molar-refractivity contribution in [2.45, 2.75) is 46.6 Å². The standard InChI is InChI=1S/C17H26N4O/c1-4-21-12-17(10-16(21)22)5-7-20(8-6-17)11-15-18-13(2)9-14(3)19-15/h9H,4-8,10-12H2,1-3H3. The summed E-state index contributed by atoms with van der Waals surface area (Å²) in [4.78, 5) is 25.5. The van der Waals surface area contributed by atoms with E-state index in [1.54, 1.807) is 0 Å². The number of amides is 1. The van der Waals surface area contributed by atoms with Gasteiger partial charge in [0.05, 0.1) is 6.54 Å². The number of nitrogens with zero attached hydrogens (tertiary/aromatic N) is 4. The second-order valence-electron chi connectivity index (χ2n) is 6.93. The summed E-state index contributed by atoms with van der Waals surface area (Å²) in [6, 6.07) is 2.01. The molecule has 5 nitrogen and oxygen atoms in total. The minimum absolute atomic E-state index is 0.229. The molecule has 3 heterocycles. The Morgan fingerprint density at radius 1 is 1.18 bits per heavy atom. The Balaban J connectivity index is 1.59. The molecule has 1 spiro atoms. The highest BCUT2D eigenvalue weighted by Crippen LogP contribution is 2.41. The van der Waals surface area contributed by atoms with Crippen molar-refractivity contribution in [3.8, 4) is 0 Å². The molecule has 0 unspecified atom stereocenters. The minimum Gasteiger partial charge on any atom is -0.342 e. The predicted octanol–water partition coefficient (Wildman–Crippen LogP) is 1.93. The fourth-order valence-electron chi connectivity index (χ4n) is 3.86. The molecule has 0 bridgehead atoms. The molecule has 0 aromatic carbocycles. The van der Waals surface area contributed by atoms with Crippen LogP contribution >= 0.6 is 0 Å². The lowest BCUT2D eigenvalue weighted by Crippen LogP contribution is -2.41. The average Bonchev–Trinajstić information content (AvgIpc) is 2.77. The van der Waals surface area contributed by atoms with Crippen LogP contribution in [0.3, 0.4) is 0 Å². The van der Waals surface area contributed by atoms with Gasteiger partial charge in [-0.25, -0.2) is 9.97 Å². The molecule has 0 saturated carbocycles. The predicted molar refractivity (Wildman–Crippen MR) is 85.3 cm³/mol. The summed E-state index contributed by atoms with van der Waals surface area (Å²) >= 11 is 0. The zero-order chi connectivity index (χ0) is 15.7. The zero-order valence-corrected chi connectivity index (χ0v) is 13.9. The van der Waals surface area contributed by atoms with Crippen molar-refractivity contribution in [3.05, 3.63) is 23.3 Å². The highest BCUT2D eigenvalue weighted by Gasteiger charge is 2.44. The topological polar surface area (TPSA) is 49.3 Å². The summed E-state index contributed by atoms with van der Waals surface area (Å²) < 4.78 is 0. The number of carbonyl (C=O) groups excluding carboxylic acids is 1. The van der Waals surface area contributed by atoms with Crippen LogP contribution in [0.5, 0.6) is 0 Å². The summed E-state index contributed by atoms with van der Waals surface area (Å²) in [5, 5.41) is 0. The Labute approximate surface area is 132 Å². The third-order valence-electron chi connectivity index (χ3n) is 5.10. The van der Waals surface area contributed by atoms with E-state index in [0.717, 1.165) is 69.2 Å². The molecule has 2 aliphatic rings. The molecule has 5 heteroatoms. The molecule has 22 heavy (non-hydrogen) atoms.